The van der Waals surface area contributed by atoms with Crippen molar-refractivity contribution in [1.29, 1.82) is 0 Å². The van der Waals surface area contributed by atoms with Gasteiger partial charge in [-0.25, -0.2) is 0 Å². The highest BCUT2D eigenvalue weighted by molar-refractivity contribution is 5.83. The summed E-state index contributed by atoms with van der Waals surface area (Å²) in [5.41, 5.74) is 0.966. The zero-order valence-electron chi connectivity index (χ0n) is 24.4. The van der Waals surface area contributed by atoms with Crippen LogP contribution >= 0.6 is 0 Å². The van der Waals surface area contributed by atoms with Gasteiger partial charge in [0, 0.05) is 25.4 Å². The van der Waals surface area contributed by atoms with Crippen LogP contribution in [0, 0.1) is 23.7 Å². The van der Waals surface area contributed by atoms with Gasteiger partial charge in [0.25, 0.3) is 0 Å². The lowest BCUT2D eigenvalue weighted by Gasteiger charge is -2.22. The van der Waals surface area contributed by atoms with Crippen molar-refractivity contribution in [2.45, 2.75) is 91.4 Å². The van der Waals surface area contributed by atoms with Crippen LogP contribution in [-0.4, -0.2) is 55.5 Å². The summed E-state index contributed by atoms with van der Waals surface area (Å²) in [6.45, 7) is 8.80. The Bertz CT molecular complexity index is 888. The van der Waals surface area contributed by atoms with Crippen molar-refractivity contribution in [3.63, 3.8) is 0 Å². The minimum Gasteiger partial charge on any atom is -0.492 e. The zero-order valence-corrected chi connectivity index (χ0v) is 24.4. The molecular weight excluding hydrogens is 492 g/mol. The van der Waals surface area contributed by atoms with Gasteiger partial charge >= 0.3 is 5.97 Å². The minimum atomic E-state index is -0.494. The molecule has 218 valence electrons. The van der Waals surface area contributed by atoms with Crippen LogP contribution in [0.25, 0.3) is 0 Å². The highest BCUT2D eigenvalue weighted by atomic mass is 16.5. The number of hydrogen-bond donors (Lipinski definition) is 1. The highest BCUT2D eigenvalue weighted by Gasteiger charge is 2.37. The third kappa shape index (κ3) is 10.2. The van der Waals surface area contributed by atoms with E-state index in [4.69, 9.17) is 9.47 Å². The summed E-state index contributed by atoms with van der Waals surface area (Å²) in [6, 6.07) is 7.63. The Labute approximate surface area is 235 Å². The SMILES string of the molecule is CCCCCCC(C)C(=O)NCCOc1ccc(CC(CC(=O)N2CC3CCCCC3C2)C(=O)OCC)cc1. The molecule has 4 unspecified atom stereocenters. The molecule has 39 heavy (non-hydrogen) atoms. The number of fused-ring (bicyclic) bond motifs is 1. The summed E-state index contributed by atoms with van der Waals surface area (Å²) in [5.74, 6) is 1.34. The van der Waals surface area contributed by atoms with Crippen LogP contribution in [0.15, 0.2) is 24.3 Å². The first-order chi connectivity index (χ1) is 18.9. The fraction of sp³-hybridized carbons (Fsp3) is 0.719. The van der Waals surface area contributed by atoms with Crippen molar-refractivity contribution in [2.24, 2.45) is 23.7 Å². The van der Waals surface area contributed by atoms with Gasteiger partial charge < -0.3 is 19.7 Å². The second-order valence-electron chi connectivity index (χ2n) is 11.5. The van der Waals surface area contributed by atoms with Crippen molar-refractivity contribution in [1.82, 2.24) is 10.2 Å². The first-order valence-corrected chi connectivity index (χ1v) is 15.3. The van der Waals surface area contributed by atoms with Gasteiger partial charge in [-0.05, 0) is 62.1 Å². The van der Waals surface area contributed by atoms with Crippen LogP contribution < -0.4 is 10.1 Å². The van der Waals surface area contributed by atoms with Gasteiger partial charge in [0.15, 0.2) is 0 Å². The molecule has 1 N–H and O–H groups in total. The molecule has 7 nitrogen and oxygen atoms in total. The summed E-state index contributed by atoms with van der Waals surface area (Å²) in [7, 11) is 0. The molecule has 0 aromatic heterocycles. The molecule has 1 aromatic carbocycles. The van der Waals surface area contributed by atoms with E-state index in [1.54, 1.807) is 6.92 Å². The Kier molecular flexibility index (Phi) is 13.1. The average Bonchev–Trinajstić information content (AvgIpc) is 3.38. The number of carbonyl (C=O) groups is 3. The lowest BCUT2D eigenvalue weighted by molar-refractivity contribution is -0.151. The van der Waals surface area contributed by atoms with E-state index in [0.29, 0.717) is 43.8 Å². The maximum absolute atomic E-state index is 13.1. The molecular formula is C32H50N2O5. The molecule has 1 aromatic rings. The van der Waals surface area contributed by atoms with Crippen molar-refractivity contribution >= 4 is 17.8 Å². The lowest BCUT2D eigenvalue weighted by Crippen LogP contribution is -2.33. The molecule has 3 rings (SSSR count). The third-order valence-electron chi connectivity index (χ3n) is 8.38. The molecule has 2 aliphatic rings. The Balaban J connectivity index is 1.43. The number of nitrogens with zero attached hydrogens (tertiary/aromatic N) is 1. The molecule has 7 heteroatoms. The van der Waals surface area contributed by atoms with E-state index in [9.17, 15) is 14.4 Å². The Morgan fingerprint density at radius 3 is 2.33 bits per heavy atom. The second kappa shape index (κ2) is 16.5. The number of amides is 2. The summed E-state index contributed by atoms with van der Waals surface area (Å²) >= 11 is 0. The monoisotopic (exact) mass is 542 g/mol. The predicted octanol–water partition coefficient (Wildman–Crippen LogP) is 5.55. The van der Waals surface area contributed by atoms with E-state index < -0.39 is 5.92 Å². The van der Waals surface area contributed by atoms with Crippen LogP contribution in [0.1, 0.15) is 90.5 Å². The standard InChI is InChI=1S/C32H50N2O5/c1-4-6-7-8-11-24(3)31(36)33-18-19-39-29-16-14-25(15-17-29)20-28(32(37)38-5-2)21-30(35)34-22-26-12-9-10-13-27(26)23-34/h14-17,24,26-28H,4-13,18-23H2,1-3H3,(H,33,36). The number of esters is 1. The summed E-state index contributed by atoms with van der Waals surface area (Å²) in [6.07, 6.45) is 11.2. The van der Waals surface area contributed by atoms with E-state index in [1.165, 1.54) is 44.9 Å². The van der Waals surface area contributed by atoms with Crippen molar-refractivity contribution in [3.05, 3.63) is 29.8 Å². The lowest BCUT2D eigenvalue weighted by atomic mass is 9.82. The molecule has 0 radical (unpaired) electrons. The van der Waals surface area contributed by atoms with Crippen molar-refractivity contribution < 1.29 is 23.9 Å². The summed E-state index contributed by atoms with van der Waals surface area (Å²) < 4.78 is 11.1. The van der Waals surface area contributed by atoms with Crippen molar-refractivity contribution in [3.8, 4) is 5.75 Å². The quantitative estimate of drug-likeness (QED) is 0.219. The molecule has 1 heterocycles. The van der Waals surface area contributed by atoms with E-state index in [0.717, 1.165) is 31.5 Å². The first kappa shape index (κ1) is 31.0. The number of ether oxygens (including phenoxy) is 2. The number of likely N-dealkylation sites (tertiary alicyclic amines) is 1. The van der Waals surface area contributed by atoms with Gasteiger partial charge in [-0.3, -0.25) is 14.4 Å². The van der Waals surface area contributed by atoms with Gasteiger partial charge in [-0.2, -0.15) is 0 Å². The van der Waals surface area contributed by atoms with Crippen molar-refractivity contribution in [2.75, 3.05) is 32.8 Å². The number of hydrogen-bond acceptors (Lipinski definition) is 5. The number of nitrogens with one attached hydrogen (secondary N) is 1. The van der Waals surface area contributed by atoms with E-state index in [1.807, 2.05) is 36.1 Å². The summed E-state index contributed by atoms with van der Waals surface area (Å²) in [5, 5.41) is 2.96. The second-order valence-corrected chi connectivity index (χ2v) is 11.5. The molecule has 1 aliphatic heterocycles. The fourth-order valence-electron chi connectivity index (χ4n) is 5.98. The Hall–Kier alpha value is -2.57. The number of carbonyl (C=O) groups excluding carboxylic acids is 3. The Morgan fingerprint density at radius 1 is 1.00 bits per heavy atom. The van der Waals surface area contributed by atoms with Crippen LogP contribution in [-0.2, 0) is 25.5 Å². The molecule has 0 bridgehead atoms. The van der Waals surface area contributed by atoms with Crippen LogP contribution in [0.4, 0.5) is 0 Å². The van der Waals surface area contributed by atoms with Crippen LogP contribution in [0.2, 0.25) is 0 Å². The molecule has 1 aliphatic carbocycles. The van der Waals surface area contributed by atoms with Crippen LogP contribution in [0.3, 0.4) is 0 Å². The number of benzene rings is 1. The Morgan fingerprint density at radius 2 is 1.69 bits per heavy atom. The molecule has 2 amide bonds. The van der Waals surface area contributed by atoms with Gasteiger partial charge in [0.1, 0.15) is 12.4 Å². The van der Waals surface area contributed by atoms with Gasteiger partial charge in [0.2, 0.25) is 11.8 Å². The molecule has 0 spiro atoms. The van der Waals surface area contributed by atoms with Gasteiger partial charge in [-0.15, -0.1) is 0 Å². The maximum atomic E-state index is 13.1. The topological polar surface area (TPSA) is 84.9 Å². The summed E-state index contributed by atoms with van der Waals surface area (Å²) in [4.78, 5) is 40.1. The van der Waals surface area contributed by atoms with Gasteiger partial charge in [-0.1, -0.05) is 64.5 Å². The predicted molar refractivity (Wildman–Crippen MR) is 153 cm³/mol. The molecule has 2 fully saturated rings. The highest BCUT2D eigenvalue weighted by Crippen LogP contribution is 2.36. The minimum absolute atomic E-state index is 0.0231. The van der Waals surface area contributed by atoms with E-state index >= 15 is 0 Å². The zero-order chi connectivity index (χ0) is 28.0. The van der Waals surface area contributed by atoms with Gasteiger partial charge in [0.05, 0.1) is 19.1 Å². The number of unbranched alkanes of at least 4 members (excludes halogenated alkanes) is 3. The van der Waals surface area contributed by atoms with E-state index in [-0.39, 0.29) is 30.1 Å². The molecule has 1 saturated heterocycles. The smallest absolute Gasteiger partial charge is 0.309 e. The largest absolute Gasteiger partial charge is 0.492 e. The molecule has 1 saturated carbocycles. The molecule has 4 atom stereocenters. The fourth-order valence-corrected chi connectivity index (χ4v) is 5.98. The van der Waals surface area contributed by atoms with E-state index in [2.05, 4.69) is 12.2 Å². The average molecular weight is 543 g/mol. The van der Waals surface area contributed by atoms with Crippen LogP contribution in [0.5, 0.6) is 5.75 Å². The normalized spacial score (nSPS) is 20.1. The third-order valence-corrected chi connectivity index (χ3v) is 8.38. The first-order valence-electron chi connectivity index (χ1n) is 15.3. The number of rotatable bonds is 16. The maximum Gasteiger partial charge on any atom is 0.309 e.